The van der Waals surface area contributed by atoms with Crippen LogP contribution >= 0.6 is 0 Å². The lowest BCUT2D eigenvalue weighted by molar-refractivity contribution is -0.141. The minimum Gasteiger partial charge on any atom is -0.480 e. The molecular weight excluding hydrogens is 236 g/mol. The summed E-state index contributed by atoms with van der Waals surface area (Å²) < 4.78 is 0. The van der Waals surface area contributed by atoms with Crippen molar-refractivity contribution in [2.45, 2.75) is 56.7 Å². The fourth-order valence-electron chi connectivity index (χ4n) is 2.78. The molecule has 0 aromatic carbocycles. The van der Waals surface area contributed by atoms with Gasteiger partial charge in [-0.2, -0.15) is 0 Å². The molecule has 1 aliphatic carbocycles. The van der Waals surface area contributed by atoms with Gasteiger partial charge in [0.1, 0.15) is 6.04 Å². The monoisotopic (exact) mass is 256 g/mol. The molecular formula is C12H20N2O4. The Bertz CT molecular complexity index is 328. The number of carbonyl (C=O) groups is 2. The van der Waals surface area contributed by atoms with Crippen LogP contribution in [0.4, 0.5) is 4.79 Å². The van der Waals surface area contributed by atoms with E-state index in [2.05, 4.69) is 5.32 Å². The largest absolute Gasteiger partial charge is 0.480 e. The standard InChI is InChI=1S/C12H20N2O4/c15-9-6-10(11(16)17)14(7-9)12(18)13-8-4-2-1-3-5-8/h8-10,15H,1-7H2,(H,13,18)(H,16,17)/t9?,10-/m0/s1. The Hall–Kier alpha value is -1.30. The maximum atomic E-state index is 12.0. The van der Waals surface area contributed by atoms with Crippen molar-refractivity contribution < 1.29 is 19.8 Å². The average molecular weight is 256 g/mol. The molecule has 2 atom stereocenters. The van der Waals surface area contributed by atoms with Crippen molar-refractivity contribution in [3.8, 4) is 0 Å². The van der Waals surface area contributed by atoms with Crippen molar-refractivity contribution >= 4 is 12.0 Å². The predicted molar refractivity (Wildman–Crippen MR) is 64.2 cm³/mol. The van der Waals surface area contributed by atoms with Gasteiger partial charge in [0, 0.05) is 19.0 Å². The third-order valence-electron chi connectivity index (χ3n) is 3.76. The molecule has 3 N–H and O–H groups in total. The highest BCUT2D eigenvalue weighted by Crippen LogP contribution is 2.21. The van der Waals surface area contributed by atoms with Gasteiger partial charge in [0.05, 0.1) is 6.10 Å². The lowest BCUT2D eigenvalue weighted by Gasteiger charge is -2.27. The van der Waals surface area contributed by atoms with Gasteiger partial charge >= 0.3 is 12.0 Å². The molecule has 6 nitrogen and oxygen atoms in total. The lowest BCUT2D eigenvalue weighted by Crippen LogP contribution is -2.49. The number of nitrogens with one attached hydrogen (secondary N) is 1. The Morgan fingerprint density at radius 2 is 1.83 bits per heavy atom. The number of hydrogen-bond acceptors (Lipinski definition) is 3. The molecule has 6 heteroatoms. The molecule has 2 amide bonds. The predicted octanol–water partition coefficient (Wildman–Crippen LogP) is 0.548. The maximum absolute atomic E-state index is 12.0. The zero-order valence-corrected chi connectivity index (χ0v) is 10.3. The molecule has 1 unspecified atom stereocenters. The summed E-state index contributed by atoms with van der Waals surface area (Å²) in [6.07, 6.45) is 4.72. The number of hydrogen-bond donors (Lipinski definition) is 3. The molecule has 1 heterocycles. The smallest absolute Gasteiger partial charge is 0.326 e. The van der Waals surface area contributed by atoms with E-state index in [0.717, 1.165) is 25.7 Å². The molecule has 0 bridgehead atoms. The topological polar surface area (TPSA) is 89.9 Å². The Balaban J connectivity index is 1.92. The molecule has 0 aromatic heterocycles. The summed E-state index contributed by atoms with van der Waals surface area (Å²) in [5.41, 5.74) is 0. The third-order valence-corrected chi connectivity index (χ3v) is 3.76. The summed E-state index contributed by atoms with van der Waals surface area (Å²) in [6, 6.07) is -1.10. The second-order valence-corrected chi connectivity index (χ2v) is 5.18. The molecule has 0 aromatic rings. The first-order valence-corrected chi connectivity index (χ1v) is 6.56. The molecule has 2 aliphatic rings. The van der Waals surface area contributed by atoms with Gasteiger partial charge < -0.3 is 20.4 Å². The number of aliphatic carboxylic acids is 1. The molecule has 1 aliphatic heterocycles. The van der Waals surface area contributed by atoms with E-state index in [4.69, 9.17) is 5.11 Å². The van der Waals surface area contributed by atoms with Gasteiger partial charge in [-0.15, -0.1) is 0 Å². The number of β-amino-alcohol motifs (C(OH)–C–C–N with tert-alkyl or cyclic N) is 1. The molecule has 2 fully saturated rings. The fraction of sp³-hybridized carbons (Fsp3) is 0.833. The maximum Gasteiger partial charge on any atom is 0.326 e. The minimum atomic E-state index is -1.05. The van der Waals surface area contributed by atoms with E-state index >= 15 is 0 Å². The highest BCUT2D eigenvalue weighted by Gasteiger charge is 2.39. The number of carboxylic acids is 1. The van der Waals surface area contributed by atoms with Crippen LogP contribution in [0.5, 0.6) is 0 Å². The van der Waals surface area contributed by atoms with E-state index in [9.17, 15) is 14.7 Å². The van der Waals surface area contributed by atoms with Crippen LogP contribution in [-0.2, 0) is 4.79 Å². The zero-order valence-electron chi connectivity index (χ0n) is 10.3. The number of aliphatic hydroxyl groups excluding tert-OH is 1. The van der Waals surface area contributed by atoms with E-state index in [1.54, 1.807) is 0 Å². The summed E-state index contributed by atoms with van der Waals surface area (Å²) in [4.78, 5) is 24.3. The summed E-state index contributed by atoms with van der Waals surface area (Å²) in [6.45, 7) is 0.107. The van der Waals surface area contributed by atoms with Crippen molar-refractivity contribution in [2.75, 3.05) is 6.54 Å². The van der Waals surface area contributed by atoms with E-state index in [1.807, 2.05) is 0 Å². The van der Waals surface area contributed by atoms with E-state index in [1.165, 1.54) is 11.3 Å². The highest BCUT2D eigenvalue weighted by atomic mass is 16.4. The van der Waals surface area contributed by atoms with Crippen molar-refractivity contribution in [3.63, 3.8) is 0 Å². The van der Waals surface area contributed by atoms with Gasteiger partial charge in [-0.05, 0) is 12.8 Å². The second kappa shape index (κ2) is 5.56. The van der Waals surface area contributed by atoms with Crippen molar-refractivity contribution in [1.82, 2.24) is 10.2 Å². The highest BCUT2D eigenvalue weighted by molar-refractivity contribution is 5.83. The number of likely N-dealkylation sites (tertiary alicyclic amines) is 1. The summed E-state index contributed by atoms with van der Waals surface area (Å²) in [7, 11) is 0. The summed E-state index contributed by atoms with van der Waals surface area (Å²) >= 11 is 0. The number of carboxylic acid groups (broad SMARTS) is 1. The van der Waals surface area contributed by atoms with Crippen molar-refractivity contribution in [3.05, 3.63) is 0 Å². The van der Waals surface area contributed by atoms with Crippen LogP contribution in [0.15, 0.2) is 0 Å². The normalized spacial score (nSPS) is 29.3. The van der Waals surface area contributed by atoms with Gasteiger partial charge in [0.2, 0.25) is 0 Å². The summed E-state index contributed by atoms with van der Waals surface area (Å²) in [5, 5.41) is 21.4. The van der Waals surface area contributed by atoms with E-state index in [0.29, 0.717) is 0 Å². The Labute approximate surface area is 106 Å². The number of urea groups is 1. The quantitative estimate of drug-likeness (QED) is 0.673. The third kappa shape index (κ3) is 2.93. The minimum absolute atomic E-state index is 0.107. The van der Waals surface area contributed by atoms with Gasteiger partial charge in [0.25, 0.3) is 0 Å². The number of nitrogens with zero attached hydrogens (tertiary/aromatic N) is 1. The van der Waals surface area contributed by atoms with Crippen LogP contribution < -0.4 is 5.32 Å². The Morgan fingerprint density at radius 1 is 1.17 bits per heavy atom. The van der Waals surface area contributed by atoms with Crippen molar-refractivity contribution in [1.29, 1.82) is 0 Å². The first-order chi connectivity index (χ1) is 8.58. The van der Waals surface area contributed by atoms with Crippen LogP contribution in [0.1, 0.15) is 38.5 Å². The molecule has 1 saturated carbocycles. The second-order valence-electron chi connectivity index (χ2n) is 5.18. The van der Waals surface area contributed by atoms with Gasteiger partial charge in [0.15, 0.2) is 0 Å². The average Bonchev–Trinajstić information content (AvgIpc) is 2.73. The molecule has 2 rings (SSSR count). The Morgan fingerprint density at radius 3 is 2.44 bits per heavy atom. The van der Waals surface area contributed by atoms with Crippen molar-refractivity contribution in [2.24, 2.45) is 0 Å². The molecule has 1 saturated heterocycles. The van der Waals surface area contributed by atoms with Crippen LogP contribution in [0, 0.1) is 0 Å². The molecule has 102 valence electrons. The molecule has 0 radical (unpaired) electrons. The number of aliphatic hydroxyl groups is 1. The van der Waals surface area contributed by atoms with Gasteiger partial charge in [-0.25, -0.2) is 9.59 Å². The number of rotatable bonds is 2. The van der Waals surface area contributed by atoms with Crippen LogP contribution in [0.2, 0.25) is 0 Å². The van der Waals surface area contributed by atoms with Crippen LogP contribution in [-0.4, -0.2) is 51.8 Å². The van der Waals surface area contributed by atoms with E-state index < -0.39 is 18.1 Å². The van der Waals surface area contributed by atoms with E-state index in [-0.39, 0.29) is 25.0 Å². The lowest BCUT2D eigenvalue weighted by atomic mass is 9.96. The first kappa shape index (κ1) is 13.1. The van der Waals surface area contributed by atoms with Crippen LogP contribution in [0.3, 0.4) is 0 Å². The summed E-state index contributed by atoms with van der Waals surface area (Å²) in [5.74, 6) is -1.05. The Kier molecular flexibility index (Phi) is 4.06. The van der Waals surface area contributed by atoms with Gasteiger partial charge in [-0.3, -0.25) is 0 Å². The van der Waals surface area contributed by atoms with Crippen LogP contribution in [0.25, 0.3) is 0 Å². The number of amides is 2. The molecule has 0 spiro atoms. The van der Waals surface area contributed by atoms with Gasteiger partial charge in [-0.1, -0.05) is 19.3 Å². The fourth-order valence-corrected chi connectivity index (χ4v) is 2.78. The zero-order chi connectivity index (χ0) is 13.1. The number of carbonyl (C=O) groups excluding carboxylic acids is 1. The molecule has 18 heavy (non-hydrogen) atoms. The SMILES string of the molecule is O=C(O)[C@@H]1CC(O)CN1C(=O)NC1CCCCC1. The first-order valence-electron chi connectivity index (χ1n) is 6.56.